The highest BCUT2D eigenvalue weighted by Crippen LogP contribution is 2.21. The van der Waals surface area contributed by atoms with E-state index in [1.807, 2.05) is 30.3 Å². The van der Waals surface area contributed by atoms with Crippen LogP contribution in [0.2, 0.25) is 0 Å². The van der Waals surface area contributed by atoms with Gasteiger partial charge in [0, 0.05) is 25.1 Å². The Balaban J connectivity index is 1.76. The number of amides is 2. The summed E-state index contributed by atoms with van der Waals surface area (Å²) >= 11 is 0. The van der Waals surface area contributed by atoms with Gasteiger partial charge in [-0.15, -0.1) is 0 Å². The SMILES string of the molecule is Cc1c(O)c(=O)ccn1[C@H](COC(=O)ON1C(=O)CCC1=O)Cc1ccccc1. The Morgan fingerprint density at radius 2 is 1.76 bits per heavy atom. The molecule has 1 atom stereocenters. The van der Waals surface area contributed by atoms with Crippen LogP contribution in [0.15, 0.2) is 47.4 Å². The molecule has 29 heavy (non-hydrogen) atoms. The molecule has 9 heteroatoms. The largest absolute Gasteiger partial charge is 0.534 e. The molecule has 9 nitrogen and oxygen atoms in total. The lowest BCUT2D eigenvalue weighted by Gasteiger charge is -2.23. The molecule has 1 aliphatic rings. The van der Waals surface area contributed by atoms with E-state index in [0.29, 0.717) is 17.2 Å². The third kappa shape index (κ3) is 4.63. The van der Waals surface area contributed by atoms with Crippen LogP contribution in [0.25, 0.3) is 0 Å². The molecular weight excluding hydrogens is 380 g/mol. The molecule has 0 bridgehead atoms. The van der Waals surface area contributed by atoms with E-state index in [2.05, 4.69) is 0 Å². The number of carbonyl (C=O) groups excluding carboxylic acids is 3. The first-order chi connectivity index (χ1) is 13.9. The van der Waals surface area contributed by atoms with E-state index in [-0.39, 0.29) is 25.2 Å². The van der Waals surface area contributed by atoms with Crippen molar-refractivity contribution in [3.8, 4) is 5.75 Å². The van der Waals surface area contributed by atoms with Crippen LogP contribution in [-0.4, -0.2) is 39.3 Å². The van der Waals surface area contributed by atoms with Gasteiger partial charge >= 0.3 is 6.16 Å². The predicted octanol–water partition coefficient (Wildman–Crippen LogP) is 1.86. The zero-order valence-corrected chi connectivity index (χ0v) is 15.7. The third-order valence-electron chi connectivity index (χ3n) is 4.62. The average molecular weight is 400 g/mol. The first kappa shape index (κ1) is 20.1. The monoisotopic (exact) mass is 400 g/mol. The topological polar surface area (TPSA) is 115 Å². The molecule has 1 aliphatic heterocycles. The van der Waals surface area contributed by atoms with Gasteiger partial charge in [-0.1, -0.05) is 35.4 Å². The Morgan fingerprint density at radius 1 is 1.10 bits per heavy atom. The summed E-state index contributed by atoms with van der Waals surface area (Å²) in [4.78, 5) is 51.4. The summed E-state index contributed by atoms with van der Waals surface area (Å²) in [7, 11) is 0. The van der Waals surface area contributed by atoms with Gasteiger partial charge in [0.1, 0.15) is 6.61 Å². The van der Waals surface area contributed by atoms with Crippen molar-refractivity contribution in [1.29, 1.82) is 0 Å². The fourth-order valence-corrected chi connectivity index (χ4v) is 3.08. The molecule has 2 heterocycles. The van der Waals surface area contributed by atoms with Crippen molar-refractivity contribution in [2.75, 3.05) is 6.61 Å². The molecule has 0 spiro atoms. The summed E-state index contributed by atoms with van der Waals surface area (Å²) < 4.78 is 6.75. The van der Waals surface area contributed by atoms with Crippen LogP contribution >= 0.6 is 0 Å². The van der Waals surface area contributed by atoms with E-state index < -0.39 is 29.4 Å². The van der Waals surface area contributed by atoms with Crippen LogP contribution in [-0.2, 0) is 25.6 Å². The quantitative estimate of drug-likeness (QED) is 0.581. The zero-order valence-electron chi connectivity index (χ0n) is 15.7. The van der Waals surface area contributed by atoms with Crippen LogP contribution in [0.3, 0.4) is 0 Å². The number of hydrogen-bond donors (Lipinski definition) is 1. The number of rotatable bonds is 6. The van der Waals surface area contributed by atoms with Gasteiger partial charge in [0.05, 0.1) is 11.7 Å². The maximum absolute atomic E-state index is 12.0. The molecule has 0 unspecified atom stereocenters. The van der Waals surface area contributed by atoms with Crippen molar-refractivity contribution in [2.45, 2.75) is 32.2 Å². The highest BCUT2D eigenvalue weighted by molar-refractivity contribution is 6.01. The van der Waals surface area contributed by atoms with Gasteiger partial charge in [-0.05, 0) is 18.9 Å². The maximum atomic E-state index is 12.0. The van der Waals surface area contributed by atoms with E-state index in [0.717, 1.165) is 5.56 Å². The number of aromatic nitrogens is 1. The molecule has 1 aromatic carbocycles. The average Bonchev–Trinajstić information content (AvgIpc) is 3.02. The molecule has 1 saturated heterocycles. The number of imide groups is 1. The summed E-state index contributed by atoms with van der Waals surface area (Å²) in [6.45, 7) is 1.40. The van der Waals surface area contributed by atoms with Crippen molar-refractivity contribution >= 4 is 18.0 Å². The summed E-state index contributed by atoms with van der Waals surface area (Å²) in [6, 6.07) is 10.1. The molecule has 0 saturated carbocycles. The molecule has 0 aliphatic carbocycles. The van der Waals surface area contributed by atoms with Gasteiger partial charge in [-0.2, -0.15) is 0 Å². The number of carbonyl (C=O) groups is 3. The summed E-state index contributed by atoms with van der Waals surface area (Å²) in [5.74, 6) is -1.59. The van der Waals surface area contributed by atoms with Crippen molar-refractivity contribution in [3.05, 3.63) is 64.1 Å². The molecule has 1 fully saturated rings. The van der Waals surface area contributed by atoms with Gasteiger partial charge < -0.3 is 14.4 Å². The van der Waals surface area contributed by atoms with Crippen molar-refractivity contribution in [2.24, 2.45) is 0 Å². The standard InChI is InChI=1S/C20H20N2O7/c1-13-19(26)16(23)9-10-21(13)15(11-14-5-3-2-4-6-14)12-28-20(27)29-22-17(24)7-8-18(22)25/h2-6,9-10,15,26H,7-8,11-12H2,1H3/t15-/m0/s1. The molecule has 2 amide bonds. The number of benzene rings is 1. The molecule has 152 valence electrons. The molecule has 2 aromatic rings. The molecule has 3 rings (SSSR count). The Labute approximate surface area is 166 Å². The number of aromatic hydroxyl groups is 1. The van der Waals surface area contributed by atoms with Crippen molar-refractivity contribution in [1.82, 2.24) is 9.63 Å². The predicted molar refractivity (Wildman–Crippen MR) is 99.8 cm³/mol. The molecule has 1 N–H and O–H groups in total. The summed E-state index contributed by atoms with van der Waals surface area (Å²) in [5, 5.41) is 10.4. The Morgan fingerprint density at radius 3 is 2.41 bits per heavy atom. The lowest BCUT2D eigenvalue weighted by molar-refractivity contribution is -0.177. The second-order valence-electron chi connectivity index (χ2n) is 6.60. The van der Waals surface area contributed by atoms with Crippen molar-refractivity contribution in [3.63, 3.8) is 0 Å². The molecule has 0 radical (unpaired) electrons. The van der Waals surface area contributed by atoms with Crippen LogP contribution in [0.4, 0.5) is 4.79 Å². The van der Waals surface area contributed by atoms with Gasteiger partial charge in [-0.25, -0.2) is 4.79 Å². The summed E-state index contributed by atoms with van der Waals surface area (Å²) in [6.07, 6.45) is 0.720. The van der Waals surface area contributed by atoms with Crippen LogP contribution in [0, 0.1) is 6.92 Å². The third-order valence-corrected chi connectivity index (χ3v) is 4.62. The van der Waals surface area contributed by atoms with E-state index in [4.69, 9.17) is 9.57 Å². The number of hydroxylamine groups is 2. The maximum Gasteiger partial charge on any atom is 0.534 e. The van der Waals surface area contributed by atoms with Crippen LogP contribution in [0.1, 0.15) is 30.1 Å². The van der Waals surface area contributed by atoms with Crippen LogP contribution in [0.5, 0.6) is 5.75 Å². The minimum Gasteiger partial charge on any atom is -0.503 e. The molecule has 1 aromatic heterocycles. The first-order valence-corrected chi connectivity index (χ1v) is 9.02. The Bertz CT molecular complexity index is 968. The number of nitrogens with zero attached hydrogens (tertiary/aromatic N) is 2. The first-order valence-electron chi connectivity index (χ1n) is 9.02. The highest BCUT2D eigenvalue weighted by atomic mass is 16.8. The van der Waals surface area contributed by atoms with E-state index >= 15 is 0 Å². The van der Waals surface area contributed by atoms with Gasteiger partial charge in [-0.3, -0.25) is 19.2 Å². The Hall–Kier alpha value is -3.62. The second-order valence-corrected chi connectivity index (χ2v) is 6.60. The van der Waals surface area contributed by atoms with Gasteiger partial charge in [0.2, 0.25) is 5.43 Å². The Kier molecular flexibility index (Phi) is 5.96. The van der Waals surface area contributed by atoms with Crippen LogP contribution < -0.4 is 5.43 Å². The highest BCUT2D eigenvalue weighted by Gasteiger charge is 2.33. The lowest BCUT2D eigenvalue weighted by atomic mass is 10.1. The fourth-order valence-electron chi connectivity index (χ4n) is 3.08. The second kappa shape index (κ2) is 8.59. The molecular formula is C20H20N2O7. The summed E-state index contributed by atoms with van der Waals surface area (Å²) in [5.41, 5.74) is 0.751. The zero-order chi connectivity index (χ0) is 21.0. The number of hydrogen-bond acceptors (Lipinski definition) is 7. The fraction of sp³-hybridized carbons (Fsp3) is 0.300. The van der Waals surface area contributed by atoms with E-state index in [1.54, 1.807) is 11.5 Å². The van der Waals surface area contributed by atoms with Gasteiger partial charge in [0.15, 0.2) is 5.75 Å². The number of ether oxygens (including phenoxy) is 1. The smallest absolute Gasteiger partial charge is 0.503 e. The number of pyridine rings is 1. The van der Waals surface area contributed by atoms with E-state index in [1.165, 1.54) is 12.3 Å². The van der Waals surface area contributed by atoms with Crippen molar-refractivity contribution < 1.29 is 29.1 Å². The van der Waals surface area contributed by atoms with Gasteiger partial charge in [0.25, 0.3) is 11.8 Å². The van der Waals surface area contributed by atoms with E-state index in [9.17, 15) is 24.3 Å². The minimum atomic E-state index is -1.19. The normalized spacial score (nSPS) is 14.7. The minimum absolute atomic E-state index is 0.0153. The lowest BCUT2D eigenvalue weighted by Crippen LogP contribution is -2.33.